The van der Waals surface area contributed by atoms with Crippen LogP contribution < -0.4 is 10.6 Å². The molecule has 3 nitrogen and oxygen atoms in total. The van der Waals surface area contributed by atoms with Crippen molar-refractivity contribution in [2.75, 3.05) is 10.6 Å². The van der Waals surface area contributed by atoms with Gasteiger partial charge < -0.3 is 10.6 Å². The standard InChI is InChI=1S/C16H24N2O/c1-4-13-6-8-14(9-13)18-16-10-15(17-12(3)19)7-5-11(16)2/h5,7,10,13-14,18H,4,6,8-9H2,1-3H3,(H,17,19). The molecule has 0 bridgehead atoms. The molecule has 0 radical (unpaired) electrons. The van der Waals surface area contributed by atoms with Crippen LogP contribution in [0.25, 0.3) is 0 Å². The number of carbonyl (C=O) groups is 1. The van der Waals surface area contributed by atoms with E-state index in [1.807, 2.05) is 12.1 Å². The zero-order valence-electron chi connectivity index (χ0n) is 12.1. The predicted octanol–water partition coefficient (Wildman–Crippen LogP) is 3.94. The number of carbonyl (C=O) groups excluding carboxylic acids is 1. The van der Waals surface area contributed by atoms with Crippen LogP contribution in [-0.2, 0) is 4.79 Å². The lowest BCUT2D eigenvalue weighted by Crippen LogP contribution is -2.16. The van der Waals surface area contributed by atoms with Crippen LogP contribution in [0.2, 0.25) is 0 Å². The first-order chi connectivity index (χ1) is 9.08. The number of hydrogen-bond acceptors (Lipinski definition) is 2. The first-order valence-electron chi connectivity index (χ1n) is 7.23. The summed E-state index contributed by atoms with van der Waals surface area (Å²) in [6.07, 6.45) is 5.13. The average Bonchev–Trinajstić information content (AvgIpc) is 2.80. The number of amides is 1. The van der Waals surface area contributed by atoms with Crippen LogP contribution in [-0.4, -0.2) is 11.9 Å². The molecule has 1 aliphatic carbocycles. The van der Waals surface area contributed by atoms with Crippen molar-refractivity contribution in [3.05, 3.63) is 23.8 Å². The minimum Gasteiger partial charge on any atom is -0.382 e. The van der Waals surface area contributed by atoms with Crippen molar-refractivity contribution < 1.29 is 4.79 Å². The zero-order valence-corrected chi connectivity index (χ0v) is 12.1. The van der Waals surface area contributed by atoms with Gasteiger partial charge in [0.2, 0.25) is 5.91 Å². The number of benzene rings is 1. The zero-order chi connectivity index (χ0) is 13.8. The molecule has 0 spiro atoms. The molecule has 0 saturated heterocycles. The molecule has 1 amide bonds. The summed E-state index contributed by atoms with van der Waals surface area (Å²) in [5, 5.41) is 6.47. The lowest BCUT2D eigenvalue weighted by atomic mass is 10.1. The molecular formula is C16H24N2O. The fourth-order valence-corrected chi connectivity index (χ4v) is 2.86. The maximum absolute atomic E-state index is 11.1. The summed E-state index contributed by atoms with van der Waals surface area (Å²) in [6, 6.07) is 6.62. The topological polar surface area (TPSA) is 41.1 Å². The minimum atomic E-state index is -0.0262. The van der Waals surface area contributed by atoms with Crippen LogP contribution >= 0.6 is 0 Å². The highest BCUT2D eigenvalue weighted by atomic mass is 16.1. The maximum atomic E-state index is 11.1. The van der Waals surface area contributed by atoms with Gasteiger partial charge in [0.15, 0.2) is 0 Å². The van der Waals surface area contributed by atoms with Crippen LogP contribution in [0.1, 0.15) is 45.1 Å². The van der Waals surface area contributed by atoms with Gasteiger partial charge in [0.05, 0.1) is 0 Å². The van der Waals surface area contributed by atoms with Gasteiger partial charge in [0.1, 0.15) is 0 Å². The van der Waals surface area contributed by atoms with Crippen LogP contribution in [0.15, 0.2) is 18.2 Å². The molecular weight excluding hydrogens is 236 g/mol. The monoisotopic (exact) mass is 260 g/mol. The molecule has 3 heteroatoms. The van der Waals surface area contributed by atoms with Gasteiger partial charge in [-0.3, -0.25) is 4.79 Å². The molecule has 2 atom stereocenters. The van der Waals surface area contributed by atoms with E-state index in [4.69, 9.17) is 0 Å². The van der Waals surface area contributed by atoms with Crippen molar-refractivity contribution in [3.8, 4) is 0 Å². The Labute approximate surface area is 115 Å². The second-order valence-electron chi connectivity index (χ2n) is 5.64. The maximum Gasteiger partial charge on any atom is 0.221 e. The van der Waals surface area contributed by atoms with Crippen molar-refractivity contribution in [1.29, 1.82) is 0 Å². The van der Waals surface area contributed by atoms with Gasteiger partial charge in [-0.15, -0.1) is 0 Å². The molecule has 1 saturated carbocycles. The normalized spacial score (nSPS) is 22.3. The van der Waals surface area contributed by atoms with E-state index in [-0.39, 0.29) is 5.91 Å². The summed E-state index contributed by atoms with van der Waals surface area (Å²) in [5.74, 6) is 0.845. The Morgan fingerprint density at radius 3 is 2.79 bits per heavy atom. The van der Waals surface area contributed by atoms with E-state index in [9.17, 15) is 4.79 Å². The van der Waals surface area contributed by atoms with Crippen molar-refractivity contribution in [1.82, 2.24) is 0 Å². The van der Waals surface area contributed by atoms with E-state index in [0.717, 1.165) is 17.3 Å². The molecule has 1 aliphatic rings. The van der Waals surface area contributed by atoms with Gasteiger partial charge >= 0.3 is 0 Å². The van der Waals surface area contributed by atoms with Gasteiger partial charge in [-0.2, -0.15) is 0 Å². The molecule has 0 aromatic heterocycles. The van der Waals surface area contributed by atoms with E-state index in [2.05, 4.69) is 30.5 Å². The Balaban J connectivity index is 2.05. The molecule has 0 aliphatic heterocycles. The Morgan fingerprint density at radius 2 is 2.16 bits per heavy atom. The van der Waals surface area contributed by atoms with Crippen LogP contribution in [0.5, 0.6) is 0 Å². The number of anilines is 2. The summed E-state index contributed by atoms with van der Waals surface area (Å²) in [5.41, 5.74) is 3.24. The third kappa shape index (κ3) is 3.72. The van der Waals surface area contributed by atoms with E-state index >= 15 is 0 Å². The molecule has 104 valence electrons. The second-order valence-corrected chi connectivity index (χ2v) is 5.64. The average molecular weight is 260 g/mol. The van der Waals surface area contributed by atoms with E-state index < -0.39 is 0 Å². The summed E-state index contributed by atoms with van der Waals surface area (Å²) >= 11 is 0. The first kappa shape index (κ1) is 13.9. The van der Waals surface area contributed by atoms with Crippen molar-refractivity contribution in [2.24, 2.45) is 5.92 Å². The fourth-order valence-electron chi connectivity index (χ4n) is 2.86. The Morgan fingerprint density at radius 1 is 1.37 bits per heavy atom. The molecule has 0 heterocycles. The molecule has 2 unspecified atom stereocenters. The Hall–Kier alpha value is -1.51. The van der Waals surface area contributed by atoms with E-state index in [0.29, 0.717) is 6.04 Å². The van der Waals surface area contributed by atoms with Gasteiger partial charge in [-0.05, 0) is 49.8 Å². The quantitative estimate of drug-likeness (QED) is 0.860. The molecule has 1 aromatic rings. The lowest BCUT2D eigenvalue weighted by molar-refractivity contribution is -0.114. The summed E-state index contributed by atoms with van der Waals surface area (Å²) < 4.78 is 0. The smallest absolute Gasteiger partial charge is 0.221 e. The Bertz CT molecular complexity index is 456. The van der Waals surface area contributed by atoms with Crippen LogP contribution in [0, 0.1) is 12.8 Å². The summed E-state index contributed by atoms with van der Waals surface area (Å²) in [6.45, 7) is 5.91. The van der Waals surface area contributed by atoms with E-state index in [1.54, 1.807) is 0 Å². The molecule has 1 fully saturated rings. The van der Waals surface area contributed by atoms with Gasteiger partial charge in [0, 0.05) is 24.3 Å². The highest BCUT2D eigenvalue weighted by molar-refractivity contribution is 5.89. The number of rotatable bonds is 4. The minimum absolute atomic E-state index is 0.0262. The third-order valence-corrected chi connectivity index (χ3v) is 4.04. The van der Waals surface area contributed by atoms with Gasteiger partial charge in [-0.1, -0.05) is 19.4 Å². The summed E-state index contributed by atoms with van der Waals surface area (Å²) in [7, 11) is 0. The first-order valence-corrected chi connectivity index (χ1v) is 7.23. The SMILES string of the molecule is CCC1CCC(Nc2cc(NC(C)=O)ccc2C)C1. The predicted molar refractivity (Wildman–Crippen MR) is 80.5 cm³/mol. The molecule has 2 N–H and O–H groups in total. The largest absolute Gasteiger partial charge is 0.382 e. The van der Waals surface area contributed by atoms with Crippen molar-refractivity contribution >= 4 is 17.3 Å². The van der Waals surface area contributed by atoms with Crippen LogP contribution in [0.4, 0.5) is 11.4 Å². The Kier molecular flexibility index (Phi) is 4.46. The van der Waals surface area contributed by atoms with Gasteiger partial charge in [0.25, 0.3) is 0 Å². The highest BCUT2D eigenvalue weighted by Gasteiger charge is 2.23. The highest BCUT2D eigenvalue weighted by Crippen LogP contribution is 2.31. The second kappa shape index (κ2) is 6.09. The molecule has 19 heavy (non-hydrogen) atoms. The van der Waals surface area contributed by atoms with Crippen molar-refractivity contribution in [3.63, 3.8) is 0 Å². The number of aryl methyl sites for hydroxylation is 1. The van der Waals surface area contributed by atoms with Crippen molar-refractivity contribution in [2.45, 2.75) is 52.5 Å². The number of hydrogen-bond donors (Lipinski definition) is 2. The van der Waals surface area contributed by atoms with Gasteiger partial charge in [-0.25, -0.2) is 0 Å². The van der Waals surface area contributed by atoms with E-state index in [1.165, 1.54) is 38.2 Å². The lowest BCUT2D eigenvalue weighted by Gasteiger charge is -2.17. The molecule has 1 aromatic carbocycles. The number of nitrogens with one attached hydrogen (secondary N) is 2. The molecule has 2 rings (SSSR count). The summed E-state index contributed by atoms with van der Waals surface area (Å²) in [4.78, 5) is 11.1. The fraction of sp³-hybridized carbons (Fsp3) is 0.562. The van der Waals surface area contributed by atoms with Crippen LogP contribution in [0.3, 0.4) is 0 Å². The third-order valence-electron chi connectivity index (χ3n) is 4.04.